The van der Waals surface area contributed by atoms with Crippen LogP contribution in [0.25, 0.3) is 11.3 Å². The topological polar surface area (TPSA) is 123 Å². The van der Waals surface area contributed by atoms with Gasteiger partial charge < -0.3 is 15.1 Å². The number of benzene rings is 2. The molecule has 0 bridgehead atoms. The molecule has 0 saturated heterocycles. The number of carbonyl (C=O) groups excluding carboxylic acids is 1. The summed E-state index contributed by atoms with van der Waals surface area (Å²) in [6.07, 6.45) is 6.12. The third-order valence-corrected chi connectivity index (χ3v) is 4.81. The number of phenolic OH excluding ortho intramolecular Hbond substituents is 2. The van der Waals surface area contributed by atoms with Crippen molar-refractivity contribution in [1.82, 2.24) is 15.0 Å². The zero-order valence-electron chi connectivity index (χ0n) is 16.8. The molecule has 0 unspecified atom stereocenters. The number of carbonyl (C=O) groups is 1. The Morgan fingerprint density at radius 3 is 2.53 bits per heavy atom. The normalized spacial score (nSPS) is 10.3. The smallest absolute Gasteiger partial charge is 0.262 e. The van der Waals surface area contributed by atoms with Gasteiger partial charge in [-0.15, -0.1) is 0 Å². The molecule has 0 saturated carbocycles. The van der Waals surface area contributed by atoms with Gasteiger partial charge in [0.15, 0.2) is 0 Å². The summed E-state index contributed by atoms with van der Waals surface area (Å²) >= 11 is 0. The van der Waals surface area contributed by atoms with Crippen LogP contribution in [0.3, 0.4) is 0 Å². The Bertz CT molecular complexity index is 1300. The van der Waals surface area contributed by atoms with Gasteiger partial charge in [0.1, 0.15) is 23.9 Å². The fourth-order valence-corrected chi connectivity index (χ4v) is 3.24. The molecule has 0 radical (unpaired) electrons. The third-order valence-electron chi connectivity index (χ3n) is 4.81. The summed E-state index contributed by atoms with van der Waals surface area (Å²) in [6, 6.07) is 16.5. The first-order valence-electron chi connectivity index (χ1n) is 9.60. The Morgan fingerprint density at radius 1 is 1.03 bits per heavy atom. The van der Waals surface area contributed by atoms with Gasteiger partial charge in [-0.05, 0) is 35.9 Å². The fraction of sp³-hybridized carbons (Fsp3) is 0.0417. The first-order chi connectivity index (χ1) is 15.6. The summed E-state index contributed by atoms with van der Waals surface area (Å²) in [5, 5.41) is 29.1. The van der Waals surface area contributed by atoms with Crippen molar-refractivity contribution in [2.75, 3.05) is 4.90 Å². The predicted octanol–water partition coefficient (Wildman–Crippen LogP) is 3.67. The number of nitrogens with zero attached hydrogens (tertiary/aromatic N) is 5. The van der Waals surface area contributed by atoms with E-state index in [1.54, 1.807) is 42.7 Å². The van der Waals surface area contributed by atoms with Crippen LogP contribution in [-0.4, -0.2) is 31.1 Å². The van der Waals surface area contributed by atoms with Crippen molar-refractivity contribution >= 4 is 11.6 Å². The summed E-state index contributed by atoms with van der Waals surface area (Å²) < 4.78 is 0. The zero-order chi connectivity index (χ0) is 22.5. The van der Waals surface area contributed by atoms with Crippen LogP contribution in [0.2, 0.25) is 0 Å². The number of nitriles is 1. The zero-order valence-corrected chi connectivity index (χ0v) is 16.8. The van der Waals surface area contributed by atoms with Crippen LogP contribution in [0.1, 0.15) is 21.5 Å². The molecule has 8 heteroatoms. The van der Waals surface area contributed by atoms with E-state index in [9.17, 15) is 20.3 Å². The van der Waals surface area contributed by atoms with Crippen LogP contribution >= 0.6 is 0 Å². The Kier molecular flexibility index (Phi) is 5.72. The minimum atomic E-state index is -0.446. The molecule has 0 atom stereocenters. The molecular formula is C24H17N5O3. The highest BCUT2D eigenvalue weighted by molar-refractivity contribution is 6.08. The second-order valence-electron chi connectivity index (χ2n) is 6.90. The molecule has 0 aliphatic carbocycles. The van der Waals surface area contributed by atoms with Crippen LogP contribution in [0, 0.1) is 11.3 Å². The standard InChI is InChI=1S/C24H17N5O3/c25-11-18-13-27-15-28-23(18)17-3-5-19(6-4-17)29(14-16-2-1-9-26-12-16)24(32)21-8-7-20(30)10-22(21)31/h1-10,12-13,15,30-31H,14H2. The molecule has 4 rings (SSSR count). The van der Waals surface area contributed by atoms with Crippen LogP contribution in [-0.2, 0) is 6.54 Å². The number of anilines is 1. The summed E-state index contributed by atoms with van der Waals surface area (Å²) in [5.74, 6) is -0.901. The SMILES string of the molecule is N#Cc1cncnc1-c1ccc(N(Cc2cccnc2)C(=O)c2ccc(O)cc2O)cc1. The van der Waals surface area contributed by atoms with E-state index in [2.05, 4.69) is 21.0 Å². The minimum Gasteiger partial charge on any atom is -0.508 e. The number of amides is 1. The first-order valence-corrected chi connectivity index (χ1v) is 9.60. The molecule has 0 aliphatic rings. The molecule has 0 fully saturated rings. The Balaban J connectivity index is 1.73. The van der Waals surface area contributed by atoms with Gasteiger partial charge in [-0.1, -0.05) is 18.2 Å². The van der Waals surface area contributed by atoms with E-state index in [0.29, 0.717) is 22.5 Å². The molecular weight excluding hydrogens is 406 g/mol. The van der Waals surface area contributed by atoms with Crippen molar-refractivity contribution in [3.63, 3.8) is 0 Å². The summed E-state index contributed by atoms with van der Waals surface area (Å²) in [7, 11) is 0. The highest BCUT2D eigenvalue weighted by Gasteiger charge is 2.22. The molecule has 2 aromatic heterocycles. The second-order valence-corrected chi connectivity index (χ2v) is 6.90. The third kappa shape index (κ3) is 4.22. The molecule has 32 heavy (non-hydrogen) atoms. The largest absolute Gasteiger partial charge is 0.508 e. The van der Waals surface area contributed by atoms with Gasteiger partial charge in [-0.2, -0.15) is 5.26 Å². The lowest BCUT2D eigenvalue weighted by Crippen LogP contribution is -2.30. The van der Waals surface area contributed by atoms with Gasteiger partial charge in [-0.3, -0.25) is 9.78 Å². The fourth-order valence-electron chi connectivity index (χ4n) is 3.24. The van der Waals surface area contributed by atoms with E-state index in [-0.39, 0.29) is 23.6 Å². The van der Waals surface area contributed by atoms with Crippen molar-refractivity contribution in [2.24, 2.45) is 0 Å². The molecule has 8 nitrogen and oxygen atoms in total. The Morgan fingerprint density at radius 2 is 1.84 bits per heavy atom. The summed E-state index contributed by atoms with van der Waals surface area (Å²) in [5.41, 5.74) is 2.97. The molecule has 2 heterocycles. The van der Waals surface area contributed by atoms with Gasteiger partial charge in [0.25, 0.3) is 5.91 Å². The lowest BCUT2D eigenvalue weighted by atomic mass is 10.1. The van der Waals surface area contributed by atoms with Crippen LogP contribution in [0.15, 0.2) is 79.5 Å². The van der Waals surface area contributed by atoms with Crippen molar-refractivity contribution in [3.05, 3.63) is 96.2 Å². The maximum absolute atomic E-state index is 13.3. The van der Waals surface area contributed by atoms with E-state index in [4.69, 9.17) is 0 Å². The maximum atomic E-state index is 13.3. The molecule has 4 aromatic rings. The van der Waals surface area contributed by atoms with Crippen LogP contribution in [0.5, 0.6) is 11.5 Å². The molecule has 156 valence electrons. The number of hydrogen-bond donors (Lipinski definition) is 2. The lowest BCUT2D eigenvalue weighted by molar-refractivity contribution is 0.0982. The van der Waals surface area contributed by atoms with E-state index in [1.807, 2.05) is 6.07 Å². The monoisotopic (exact) mass is 423 g/mol. The molecule has 2 aromatic carbocycles. The molecule has 0 aliphatic heterocycles. The molecule has 1 amide bonds. The number of pyridine rings is 1. The number of aromatic hydroxyl groups is 2. The van der Waals surface area contributed by atoms with Gasteiger partial charge in [-0.25, -0.2) is 9.97 Å². The minimum absolute atomic E-state index is 0.0540. The van der Waals surface area contributed by atoms with Gasteiger partial charge in [0.05, 0.1) is 23.4 Å². The van der Waals surface area contributed by atoms with Gasteiger partial charge >= 0.3 is 0 Å². The molecule has 2 N–H and O–H groups in total. The average molecular weight is 423 g/mol. The number of hydrogen-bond acceptors (Lipinski definition) is 7. The Labute approximate surface area is 183 Å². The highest BCUT2D eigenvalue weighted by atomic mass is 16.3. The van der Waals surface area contributed by atoms with Crippen LogP contribution < -0.4 is 4.90 Å². The summed E-state index contributed by atoms with van der Waals surface area (Å²) in [6.45, 7) is 0.212. The first kappa shape index (κ1) is 20.5. The summed E-state index contributed by atoms with van der Waals surface area (Å²) in [4.78, 5) is 27.0. The molecule has 0 spiro atoms. The van der Waals surface area contributed by atoms with Crippen molar-refractivity contribution in [3.8, 4) is 28.8 Å². The number of phenols is 2. The van der Waals surface area contributed by atoms with Gasteiger partial charge in [0, 0.05) is 35.9 Å². The number of rotatable bonds is 5. The number of aromatic nitrogens is 3. The van der Waals surface area contributed by atoms with Crippen molar-refractivity contribution < 1.29 is 15.0 Å². The lowest BCUT2D eigenvalue weighted by Gasteiger charge is -2.24. The van der Waals surface area contributed by atoms with Crippen molar-refractivity contribution in [2.45, 2.75) is 6.54 Å². The maximum Gasteiger partial charge on any atom is 0.262 e. The van der Waals surface area contributed by atoms with E-state index >= 15 is 0 Å². The van der Waals surface area contributed by atoms with E-state index < -0.39 is 5.91 Å². The van der Waals surface area contributed by atoms with Crippen LogP contribution in [0.4, 0.5) is 5.69 Å². The highest BCUT2D eigenvalue weighted by Crippen LogP contribution is 2.29. The predicted molar refractivity (Wildman–Crippen MR) is 117 cm³/mol. The Hall–Kier alpha value is -4.77. The van der Waals surface area contributed by atoms with Gasteiger partial charge in [0.2, 0.25) is 0 Å². The average Bonchev–Trinajstić information content (AvgIpc) is 2.83. The van der Waals surface area contributed by atoms with Crippen molar-refractivity contribution in [1.29, 1.82) is 5.26 Å². The quantitative estimate of drug-likeness (QED) is 0.502. The van der Waals surface area contributed by atoms with E-state index in [0.717, 1.165) is 11.6 Å². The van der Waals surface area contributed by atoms with E-state index in [1.165, 1.54) is 29.6 Å². The second kappa shape index (κ2) is 8.93.